The summed E-state index contributed by atoms with van der Waals surface area (Å²) in [6.45, 7) is 2.54. The number of allylic oxidation sites excluding steroid dienone is 2. The summed E-state index contributed by atoms with van der Waals surface area (Å²) in [4.78, 5) is 25.0. The summed E-state index contributed by atoms with van der Waals surface area (Å²) in [6, 6.07) is 6.75. The Labute approximate surface area is 156 Å². The molecule has 1 aromatic rings. The highest BCUT2D eigenvalue weighted by Gasteiger charge is 2.22. The number of rotatable bonds is 5. The van der Waals surface area contributed by atoms with Crippen molar-refractivity contribution in [3.8, 4) is 0 Å². The molecule has 0 radical (unpaired) electrons. The maximum Gasteiger partial charge on any atom is 0.339 e. The second-order valence-electron chi connectivity index (χ2n) is 6.75. The highest BCUT2D eigenvalue weighted by atomic mass is 16.5. The van der Waals surface area contributed by atoms with Crippen LogP contribution in [0, 0.1) is 0 Å². The van der Waals surface area contributed by atoms with Crippen LogP contribution in [0.2, 0.25) is 0 Å². The van der Waals surface area contributed by atoms with Gasteiger partial charge in [-0.15, -0.1) is 0 Å². The molecule has 1 aromatic carbocycles. The van der Waals surface area contributed by atoms with Crippen LogP contribution in [0.15, 0.2) is 36.4 Å². The maximum absolute atomic E-state index is 12.7. The number of ether oxygens (including phenoxy) is 2. The predicted octanol–water partition coefficient (Wildman–Crippen LogP) is 5.47. The number of unbranched alkanes of at least 4 members (excludes halogenated alkanes) is 3. The van der Waals surface area contributed by atoms with Gasteiger partial charge in [-0.2, -0.15) is 0 Å². The number of hydrogen-bond acceptors (Lipinski definition) is 4. The van der Waals surface area contributed by atoms with Crippen LogP contribution in [0.25, 0.3) is 0 Å². The maximum atomic E-state index is 12.7. The van der Waals surface area contributed by atoms with Crippen LogP contribution in [0.1, 0.15) is 85.4 Å². The van der Waals surface area contributed by atoms with Crippen LogP contribution in [0.3, 0.4) is 0 Å². The lowest BCUT2D eigenvalue weighted by Gasteiger charge is -2.18. The largest absolute Gasteiger partial charge is 0.462 e. The SMILES string of the molecule is CCCCCC[C@@H]1CC/C=C\CCCOC(=O)c2ccccc2C(=O)O1. The van der Waals surface area contributed by atoms with Crippen molar-refractivity contribution in [1.29, 1.82) is 0 Å². The molecule has 0 spiro atoms. The molecule has 0 aromatic heterocycles. The monoisotopic (exact) mass is 358 g/mol. The fourth-order valence-electron chi connectivity index (χ4n) is 3.08. The van der Waals surface area contributed by atoms with Crippen molar-refractivity contribution in [1.82, 2.24) is 0 Å². The summed E-state index contributed by atoms with van der Waals surface area (Å²) in [5.41, 5.74) is 0.582. The van der Waals surface area contributed by atoms with E-state index in [-0.39, 0.29) is 11.7 Å². The number of esters is 2. The van der Waals surface area contributed by atoms with Gasteiger partial charge < -0.3 is 9.47 Å². The lowest BCUT2D eigenvalue weighted by molar-refractivity contribution is 0.0248. The fourth-order valence-corrected chi connectivity index (χ4v) is 3.08. The normalized spacial score (nSPS) is 20.4. The van der Waals surface area contributed by atoms with Crippen LogP contribution in [0.4, 0.5) is 0 Å². The van der Waals surface area contributed by atoms with Crippen LogP contribution in [0.5, 0.6) is 0 Å². The molecule has 4 nitrogen and oxygen atoms in total. The molecular weight excluding hydrogens is 328 g/mol. The summed E-state index contributed by atoms with van der Waals surface area (Å²) in [5, 5.41) is 0. The van der Waals surface area contributed by atoms with E-state index >= 15 is 0 Å². The minimum atomic E-state index is -0.460. The van der Waals surface area contributed by atoms with E-state index in [0.717, 1.165) is 44.9 Å². The molecule has 0 fully saturated rings. The lowest BCUT2D eigenvalue weighted by atomic mass is 10.0. The summed E-state index contributed by atoms with van der Waals surface area (Å²) >= 11 is 0. The second-order valence-corrected chi connectivity index (χ2v) is 6.75. The molecule has 0 saturated carbocycles. The third-order valence-electron chi connectivity index (χ3n) is 4.59. The van der Waals surface area contributed by atoms with Gasteiger partial charge in [-0.05, 0) is 50.7 Å². The molecule has 0 bridgehead atoms. The van der Waals surface area contributed by atoms with Gasteiger partial charge in [-0.1, -0.05) is 50.5 Å². The molecule has 2 rings (SSSR count). The van der Waals surface area contributed by atoms with Gasteiger partial charge in [0.05, 0.1) is 17.7 Å². The average Bonchev–Trinajstić information content (AvgIpc) is 2.66. The summed E-state index contributed by atoms with van der Waals surface area (Å²) in [5.74, 6) is -0.892. The molecular formula is C22H30O4. The number of hydrogen-bond donors (Lipinski definition) is 0. The highest BCUT2D eigenvalue weighted by molar-refractivity contribution is 6.03. The Bertz CT molecular complexity index is 606. The van der Waals surface area contributed by atoms with Crippen molar-refractivity contribution in [2.75, 3.05) is 6.61 Å². The first-order chi connectivity index (χ1) is 12.7. The average molecular weight is 358 g/mol. The quantitative estimate of drug-likeness (QED) is 0.398. The first kappa shape index (κ1) is 20.2. The molecule has 26 heavy (non-hydrogen) atoms. The molecule has 142 valence electrons. The minimum Gasteiger partial charge on any atom is -0.462 e. The molecule has 1 aliphatic rings. The number of benzene rings is 1. The first-order valence-electron chi connectivity index (χ1n) is 9.84. The van der Waals surface area contributed by atoms with Gasteiger partial charge in [-0.25, -0.2) is 9.59 Å². The van der Waals surface area contributed by atoms with Crippen molar-refractivity contribution in [2.24, 2.45) is 0 Å². The van der Waals surface area contributed by atoms with Crippen LogP contribution in [-0.4, -0.2) is 24.6 Å². The second kappa shape index (κ2) is 11.5. The Morgan fingerprint density at radius 3 is 2.46 bits per heavy atom. The van der Waals surface area contributed by atoms with E-state index in [9.17, 15) is 9.59 Å². The Balaban J connectivity index is 2.12. The Kier molecular flexibility index (Phi) is 8.94. The number of carbonyl (C=O) groups is 2. The van der Waals surface area contributed by atoms with Gasteiger partial charge in [0.1, 0.15) is 6.10 Å². The van der Waals surface area contributed by atoms with E-state index in [2.05, 4.69) is 19.1 Å². The van der Waals surface area contributed by atoms with Gasteiger partial charge >= 0.3 is 11.9 Å². The zero-order valence-electron chi connectivity index (χ0n) is 15.7. The van der Waals surface area contributed by atoms with E-state index in [1.165, 1.54) is 12.8 Å². The molecule has 0 aliphatic carbocycles. The van der Waals surface area contributed by atoms with Crippen molar-refractivity contribution in [2.45, 2.75) is 70.8 Å². The summed E-state index contributed by atoms with van der Waals surface area (Å²) in [6.07, 6.45) is 13.0. The topological polar surface area (TPSA) is 52.6 Å². The van der Waals surface area contributed by atoms with Gasteiger partial charge in [0.25, 0.3) is 0 Å². The molecule has 1 heterocycles. The van der Waals surface area contributed by atoms with E-state index in [4.69, 9.17) is 9.47 Å². The molecule has 1 aliphatic heterocycles. The predicted molar refractivity (Wildman–Crippen MR) is 102 cm³/mol. The van der Waals surface area contributed by atoms with Crippen molar-refractivity contribution >= 4 is 11.9 Å². The summed E-state index contributed by atoms with van der Waals surface area (Å²) < 4.78 is 11.1. The van der Waals surface area contributed by atoms with Crippen LogP contribution in [-0.2, 0) is 9.47 Å². The van der Waals surface area contributed by atoms with Gasteiger partial charge in [-0.3, -0.25) is 0 Å². The van der Waals surface area contributed by atoms with Crippen molar-refractivity contribution in [3.05, 3.63) is 47.5 Å². The molecule has 0 saturated heterocycles. The number of cyclic esters (lactones) is 2. The number of fused-ring (bicyclic) bond motifs is 1. The van der Waals surface area contributed by atoms with Gasteiger partial charge in [0.15, 0.2) is 0 Å². The Hall–Kier alpha value is -2.10. The Morgan fingerprint density at radius 2 is 1.69 bits per heavy atom. The van der Waals surface area contributed by atoms with E-state index < -0.39 is 11.9 Å². The van der Waals surface area contributed by atoms with Crippen LogP contribution >= 0.6 is 0 Å². The highest BCUT2D eigenvalue weighted by Crippen LogP contribution is 2.19. The standard InChI is InChI=1S/C22H30O4/c1-2-3-4-8-13-18-14-9-6-5-7-12-17-25-21(23)19-15-10-11-16-20(19)22(24)26-18/h5-6,10-11,15-16,18H,2-4,7-9,12-14,17H2,1H3/b6-5-/t18-/m1/s1. The first-order valence-corrected chi connectivity index (χ1v) is 9.84. The van der Waals surface area contributed by atoms with E-state index in [0.29, 0.717) is 12.2 Å². The summed E-state index contributed by atoms with van der Waals surface area (Å²) in [7, 11) is 0. The van der Waals surface area contributed by atoms with Crippen molar-refractivity contribution < 1.29 is 19.1 Å². The number of carbonyl (C=O) groups excluding carboxylic acids is 2. The third kappa shape index (κ3) is 6.66. The van der Waals surface area contributed by atoms with E-state index in [1.807, 2.05) is 0 Å². The molecule has 1 atom stereocenters. The zero-order valence-corrected chi connectivity index (χ0v) is 15.7. The molecule has 0 unspecified atom stereocenters. The minimum absolute atomic E-state index is 0.115. The Morgan fingerprint density at radius 1 is 0.962 bits per heavy atom. The van der Waals surface area contributed by atoms with Gasteiger partial charge in [0.2, 0.25) is 0 Å². The third-order valence-corrected chi connectivity index (χ3v) is 4.59. The zero-order chi connectivity index (χ0) is 18.6. The van der Waals surface area contributed by atoms with Gasteiger partial charge in [0, 0.05) is 0 Å². The van der Waals surface area contributed by atoms with Crippen molar-refractivity contribution in [3.63, 3.8) is 0 Å². The van der Waals surface area contributed by atoms with Crippen LogP contribution < -0.4 is 0 Å². The smallest absolute Gasteiger partial charge is 0.339 e. The molecule has 4 heteroatoms. The van der Waals surface area contributed by atoms with E-state index in [1.54, 1.807) is 24.3 Å². The fraction of sp³-hybridized carbons (Fsp3) is 0.545. The molecule has 0 amide bonds. The lowest BCUT2D eigenvalue weighted by Crippen LogP contribution is -2.21. The molecule has 0 N–H and O–H groups in total.